The Kier molecular flexibility index (Phi) is 5.75. The standard InChI is InChI=1S/C11H18N4O5/c12-8(16)3-2-7(10(18)19)15-11(20)13-5-6-1-4-9(17)14-6/h6-7H,1-5H2,(H2,12,16)(H,14,17)(H,18,19)(H2,13,15,20)/t6?,7-/m1/s1. The van der Waals surface area contributed by atoms with Crippen molar-refractivity contribution in [2.24, 2.45) is 5.73 Å². The van der Waals surface area contributed by atoms with E-state index in [2.05, 4.69) is 16.0 Å². The van der Waals surface area contributed by atoms with E-state index in [1.54, 1.807) is 0 Å². The van der Waals surface area contributed by atoms with Crippen LogP contribution in [0.15, 0.2) is 0 Å². The molecule has 0 aliphatic carbocycles. The minimum absolute atomic E-state index is 0.0675. The highest BCUT2D eigenvalue weighted by molar-refractivity contribution is 5.83. The highest BCUT2D eigenvalue weighted by Crippen LogP contribution is 2.04. The number of amides is 4. The van der Waals surface area contributed by atoms with Crippen molar-refractivity contribution in [3.63, 3.8) is 0 Å². The van der Waals surface area contributed by atoms with Gasteiger partial charge in [-0.15, -0.1) is 0 Å². The number of nitrogens with one attached hydrogen (secondary N) is 3. The molecule has 1 heterocycles. The fourth-order valence-corrected chi connectivity index (χ4v) is 1.80. The molecule has 0 aromatic heterocycles. The molecule has 6 N–H and O–H groups in total. The molecule has 1 aliphatic heterocycles. The molecule has 9 heteroatoms. The van der Waals surface area contributed by atoms with E-state index in [1.807, 2.05) is 0 Å². The average Bonchev–Trinajstić information content (AvgIpc) is 2.77. The molecule has 0 radical (unpaired) electrons. The van der Waals surface area contributed by atoms with E-state index in [4.69, 9.17) is 10.8 Å². The molecular formula is C11H18N4O5. The number of aliphatic carboxylic acids is 1. The van der Waals surface area contributed by atoms with Crippen molar-refractivity contribution in [2.75, 3.05) is 6.54 Å². The Morgan fingerprint density at radius 2 is 2.15 bits per heavy atom. The fourth-order valence-electron chi connectivity index (χ4n) is 1.80. The minimum Gasteiger partial charge on any atom is -0.480 e. The van der Waals surface area contributed by atoms with Gasteiger partial charge in [-0.3, -0.25) is 9.59 Å². The third-order valence-electron chi connectivity index (χ3n) is 2.88. The third kappa shape index (κ3) is 5.55. The fraction of sp³-hybridized carbons (Fsp3) is 0.636. The Balaban J connectivity index is 2.32. The molecule has 20 heavy (non-hydrogen) atoms. The Labute approximate surface area is 115 Å². The van der Waals surface area contributed by atoms with Gasteiger partial charge in [-0.2, -0.15) is 0 Å². The van der Waals surface area contributed by atoms with Gasteiger partial charge in [-0.25, -0.2) is 9.59 Å². The highest BCUT2D eigenvalue weighted by Gasteiger charge is 2.23. The van der Waals surface area contributed by atoms with Gasteiger partial charge in [0.1, 0.15) is 6.04 Å². The molecule has 0 aromatic carbocycles. The van der Waals surface area contributed by atoms with Crippen LogP contribution in [0.3, 0.4) is 0 Å². The number of nitrogens with two attached hydrogens (primary N) is 1. The van der Waals surface area contributed by atoms with Gasteiger partial charge in [-0.05, 0) is 12.8 Å². The number of primary amides is 1. The molecule has 1 aliphatic rings. The summed E-state index contributed by atoms with van der Waals surface area (Å²) in [6, 6.07) is -1.98. The van der Waals surface area contributed by atoms with Crippen LogP contribution in [0.25, 0.3) is 0 Å². The van der Waals surface area contributed by atoms with Crippen molar-refractivity contribution >= 4 is 23.8 Å². The van der Waals surface area contributed by atoms with E-state index in [9.17, 15) is 19.2 Å². The first-order valence-electron chi connectivity index (χ1n) is 6.23. The second kappa shape index (κ2) is 7.31. The lowest BCUT2D eigenvalue weighted by atomic mass is 10.1. The van der Waals surface area contributed by atoms with Crippen LogP contribution >= 0.6 is 0 Å². The van der Waals surface area contributed by atoms with Gasteiger partial charge < -0.3 is 26.8 Å². The Hall–Kier alpha value is -2.32. The van der Waals surface area contributed by atoms with Crippen molar-refractivity contribution in [2.45, 2.75) is 37.8 Å². The summed E-state index contributed by atoms with van der Waals surface area (Å²) in [6.45, 7) is 0.222. The number of hydrogen-bond acceptors (Lipinski definition) is 4. The predicted octanol–water partition coefficient (Wildman–Crippen LogP) is -1.72. The summed E-state index contributed by atoms with van der Waals surface area (Å²) in [5.41, 5.74) is 4.93. The van der Waals surface area contributed by atoms with Gasteiger partial charge in [0.25, 0.3) is 0 Å². The number of urea groups is 1. The average molecular weight is 286 g/mol. The van der Waals surface area contributed by atoms with Gasteiger partial charge in [0.2, 0.25) is 11.8 Å². The van der Waals surface area contributed by atoms with Crippen molar-refractivity contribution in [3.8, 4) is 0 Å². The molecule has 0 spiro atoms. The van der Waals surface area contributed by atoms with E-state index in [0.717, 1.165) is 0 Å². The van der Waals surface area contributed by atoms with Gasteiger partial charge in [-0.1, -0.05) is 0 Å². The maximum atomic E-state index is 11.5. The summed E-state index contributed by atoms with van der Waals surface area (Å²) in [4.78, 5) is 44.0. The number of hydrogen-bond donors (Lipinski definition) is 5. The molecule has 1 rings (SSSR count). The first-order valence-corrected chi connectivity index (χ1v) is 6.23. The Bertz CT molecular complexity index is 412. The van der Waals surface area contributed by atoms with Crippen molar-refractivity contribution in [1.82, 2.24) is 16.0 Å². The molecule has 1 fully saturated rings. The van der Waals surface area contributed by atoms with Crippen LogP contribution < -0.4 is 21.7 Å². The zero-order valence-corrected chi connectivity index (χ0v) is 10.8. The van der Waals surface area contributed by atoms with Crippen LogP contribution in [0.2, 0.25) is 0 Å². The number of rotatable bonds is 7. The summed E-state index contributed by atoms with van der Waals surface area (Å²) < 4.78 is 0. The molecule has 9 nitrogen and oxygen atoms in total. The summed E-state index contributed by atoms with van der Waals surface area (Å²) in [6.07, 6.45) is 0.849. The molecule has 0 bridgehead atoms. The Morgan fingerprint density at radius 1 is 1.45 bits per heavy atom. The second-order valence-corrected chi connectivity index (χ2v) is 4.55. The van der Waals surface area contributed by atoms with E-state index in [1.165, 1.54) is 0 Å². The number of carboxylic acids is 1. The maximum absolute atomic E-state index is 11.5. The maximum Gasteiger partial charge on any atom is 0.326 e. The van der Waals surface area contributed by atoms with Gasteiger partial charge in [0, 0.05) is 25.4 Å². The van der Waals surface area contributed by atoms with Crippen molar-refractivity contribution < 1.29 is 24.3 Å². The summed E-state index contributed by atoms with van der Waals surface area (Å²) in [7, 11) is 0. The highest BCUT2D eigenvalue weighted by atomic mass is 16.4. The van der Waals surface area contributed by atoms with E-state index in [-0.39, 0.29) is 31.3 Å². The quantitative estimate of drug-likeness (QED) is 0.377. The van der Waals surface area contributed by atoms with Crippen molar-refractivity contribution in [3.05, 3.63) is 0 Å². The zero-order valence-electron chi connectivity index (χ0n) is 10.8. The van der Waals surface area contributed by atoms with Crippen LogP contribution in [-0.2, 0) is 14.4 Å². The number of carbonyl (C=O) groups excluding carboxylic acids is 3. The molecule has 112 valence electrons. The smallest absolute Gasteiger partial charge is 0.326 e. The first kappa shape index (κ1) is 15.7. The molecule has 0 aromatic rings. The van der Waals surface area contributed by atoms with E-state index in [0.29, 0.717) is 12.8 Å². The summed E-state index contributed by atoms with van der Waals surface area (Å²) in [5, 5.41) is 16.3. The number of carbonyl (C=O) groups is 4. The molecule has 2 atom stereocenters. The second-order valence-electron chi connectivity index (χ2n) is 4.55. The van der Waals surface area contributed by atoms with Gasteiger partial charge in [0.15, 0.2) is 0 Å². The third-order valence-corrected chi connectivity index (χ3v) is 2.88. The van der Waals surface area contributed by atoms with Crippen LogP contribution in [-0.4, -0.2) is 47.5 Å². The summed E-state index contributed by atoms with van der Waals surface area (Å²) >= 11 is 0. The number of carboxylic acid groups (broad SMARTS) is 1. The van der Waals surface area contributed by atoms with Gasteiger partial charge in [0.05, 0.1) is 0 Å². The Morgan fingerprint density at radius 3 is 2.65 bits per heavy atom. The van der Waals surface area contributed by atoms with E-state index >= 15 is 0 Å². The molecule has 4 amide bonds. The lowest BCUT2D eigenvalue weighted by Gasteiger charge is -2.16. The monoisotopic (exact) mass is 286 g/mol. The zero-order chi connectivity index (χ0) is 15.1. The molecule has 1 unspecified atom stereocenters. The SMILES string of the molecule is NC(=O)CC[C@@H](NC(=O)NCC1CCC(=O)N1)C(=O)O. The minimum atomic E-state index is -1.24. The van der Waals surface area contributed by atoms with E-state index < -0.39 is 23.9 Å². The molecular weight excluding hydrogens is 268 g/mol. The first-order chi connectivity index (χ1) is 9.38. The van der Waals surface area contributed by atoms with Crippen LogP contribution in [0.4, 0.5) is 4.79 Å². The molecule has 0 saturated carbocycles. The topological polar surface area (TPSA) is 151 Å². The summed E-state index contributed by atoms with van der Waals surface area (Å²) in [5.74, 6) is -1.94. The normalized spacial score (nSPS) is 19.0. The predicted molar refractivity (Wildman–Crippen MR) is 67.6 cm³/mol. The van der Waals surface area contributed by atoms with Crippen LogP contribution in [0.1, 0.15) is 25.7 Å². The van der Waals surface area contributed by atoms with Gasteiger partial charge >= 0.3 is 12.0 Å². The van der Waals surface area contributed by atoms with Crippen molar-refractivity contribution in [1.29, 1.82) is 0 Å². The largest absolute Gasteiger partial charge is 0.480 e. The van der Waals surface area contributed by atoms with Crippen LogP contribution in [0.5, 0.6) is 0 Å². The lowest BCUT2D eigenvalue weighted by Crippen LogP contribution is -2.49. The molecule has 1 saturated heterocycles. The lowest BCUT2D eigenvalue weighted by molar-refractivity contribution is -0.139. The van der Waals surface area contributed by atoms with Crippen LogP contribution in [0, 0.1) is 0 Å².